The largest absolute Gasteiger partial charge is 0.478 e. The van der Waals surface area contributed by atoms with Crippen molar-refractivity contribution in [3.63, 3.8) is 0 Å². The summed E-state index contributed by atoms with van der Waals surface area (Å²) in [5.41, 5.74) is 2.57. The minimum Gasteiger partial charge on any atom is -0.478 e. The highest BCUT2D eigenvalue weighted by Gasteiger charge is 2.32. The molecule has 0 spiro atoms. The summed E-state index contributed by atoms with van der Waals surface area (Å²) in [4.78, 5) is 25.5. The maximum absolute atomic E-state index is 12.8. The summed E-state index contributed by atoms with van der Waals surface area (Å²) >= 11 is 0. The van der Waals surface area contributed by atoms with Gasteiger partial charge in [0, 0.05) is 12.2 Å². The van der Waals surface area contributed by atoms with Crippen molar-refractivity contribution in [1.29, 1.82) is 0 Å². The van der Waals surface area contributed by atoms with E-state index in [-0.39, 0.29) is 17.6 Å². The Hall–Kier alpha value is -2.82. The van der Waals surface area contributed by atoms with Gasteiger partial charge in [0.1, 0.15) is 6.17 Å². The third kappa shape index (κ3) is 2.77. The number of nitrogens with zero attached hydrogens (tertiary/aromatic N) is 1. The second kappa shape index (κ2) is 6.12. The Morgan fingerprint density at radius 2 is 1.87 bits per heavy atom. The van der Waals surface area contributed by atoms with Gasteiger partial charge in [0.05, 0.1) is 11.1 Å². The number of anilines is 1. The van der Waals surface area contributed by atoms with Crippen LogP contribution in [0.25, 0.3) is 0 Å². The van der Waals surface area contributed by atoms with Gasteiger partial charge in [-0.15, -0.1) is 0 Å². The topological polar surface area (TPSA) is 69.6 Å². The minimum atomic E-state index is -0.958. The van der Waals surface area contributed by atoms with Gasteiger partial charge in [0.25, 0.3) is 5.91 Å². The summed E-state index contributed by atoms with van der Waals surface area (Å²) in [7, 11) is 0. The molecular formula is C18H18N2O3. The Morgan fingerprint density at radius 1 is 1.17 bits per heavy atom. The number of carboxylic acids is 1. The lowest BCUT2D eigenvalue weighted by atomic mass is 10.0. The molecule has 118 valence electrons. The van der Waals surface area contributed by atoms with Crippen molar-refractivity contribution >= 4 is 17.6 Å². The van der Waals surface area contributed by atoms with Crippen molar-refractivity contribution in [3.05, 3.63) is 65.2 Å². The zero-order valence-electron chi connectivity index (χ0n) is 12.8. The summed E-state index contributed by atoms with van der Waals surface area (Å²) in [6, 6.07) is 14.1. The van der Waals surface area contributed by atoms with E-state index in [4.69, 9.17) is 5.11 Å². The average molecular weight is 310 g/mol. The fourth-order valence-corrected chi connectivity index (χ4v) is 2.84. The van der Waals surface area contributed by atoms with Gasteiger partial charge in [-0.1, -0.05) is 31.2 Å². The minimum absolute atomic E-state index is 0.00601. The van der Waals surface area contributed by atoms with Gasteiger partial charge in [0.15, 0.2) is 0 Å². The Balaban J connectivity index is 1.99. The van der Waals surface area contributed by atoms with Gasteiger partial charge in [-0.3, -0.25) is 4.79 Å². The number of carboxylic acid groups (broad SMARTS) is 1. The lowest BCUT2D eigenvalue weighted by Crippen LogP contribution is -2.43. The number of fused-ring (bicyclic) bond motifs is 1. The maximum atomic E-state index is 12.8. The van der Waals surface area contributed by atoms with Crippen molar-refractivity contribution in [2.24, 2.45) is 0 Å². The van der Waals surface area contributed by atoms with Crippen molar-refractivity contribution < 1.29 is 14.7 Å². The van der Waals surface area contributed by atoms with Crippen LogP contribution in [0, 0.1) is 0 Å². The van der Waals surface area contributed by atoms with Crippen LogP contribution < -0.4 is 5.32 Å². The third-order valence-corrected chi connectivity index (χ3v) is 3.96. The molecule has 0 saturated heterocycles. The van der Waals surface area contributed by atoms with Gasteiger partial charge < -0.3 is 15.3 Å². The van der Waals surface area contributed by atoms with E-state index >= 15 is 0 Å². The number of para-hydroxylation sites is 1. The van der Waals surface area contributed by atoms with Gasteiger partial charge in [0.2, 0.25) is 0 Å². The van der Waals surface area contributed by atoms with Crippen molar-refractivity contribution in [2.45, 2.75) is 19.5 Å². The molecular weight excluding hydrogens is 292 g/mol. The van der Waals surface area contributed by atoms with Gasteiger partial charge in [-0.2, -0.15) is 0 Å². The van der Waals surface area contributed by atoms with Gasteiger partial charge >= 0.3 is 5.97 Å². The smallest absolute Gasteiger partial charge is 0.335 e. The van der Waals surface area contributed by atoms with E-state index in [0.29, 0.717) is 12.1 Å². The van der Waals surface area contributed by atoms with Gasteiger partial charge in [-0.25, -0.2) is 4.79 Å². The molecule has 0 fully saturated rings. The molecule has 2 aromatic carbocycles. The van der Waals surface area contributed by atoms with E-state index in [1.54, 1.807) is 29.2 Å². The molecule has 1 atom stereocenters. The fourth-order valence-electron chi connectivity index (χ4n) is 2.84. The molecule has 1 amide bonds. The van der Waals surface area contributed by atoms with E-state index in [0.717, 1.165) is 17.7 Å². The summed E-state index contributed by atoms with van der Waals surface area (Å²) in [5, 5.41) is 12.4. The Morgan fingerprint density at radius 3 is 2.52 bits per heavy atom. The SMILES string of the molecule is CCCN1C(=O)c2ccccc2NC1c1ccc(C(=O)O)cc1. The van der Waals surface area contributed by atoms with E-state index < -0.39 is 5.97 Å². The van der Waals surface area contributed by atoms with E-state index in [2.05, 4.69) is 5.32 Å². The predicted molar refractivity (Wildman–Crippen MR) is 87.5 cm³/mol. The average Bonchev–Trinajstić information content (AvgIpc) is 2.57. The first-order chi connectivity index (χ1) is 11.1. The van der Waals surface area contributed by atoms with Crippen LogP contribution in [0.4, 0.5) is 5.69 Å². The second-order valence-electron chi connectivity index (χ2n) is 5.52. The number of amides is 1. The van der Waals surface area contributed by atoms with Crippen LogP contribution >= 0.6 is 0 Å². The number of carbonyl (C=O) groups is 2. The predicted octanol–water partition coefficient (Wildman–Crippen LogP) is 3.36. The quantitative estimate of drug-likeness (QED) is 0.908. The Labute approximate surface area is 134 Å². The zero-order chi connectivity index (χ0) is 16.4. The number of hydrogen-bond donors (Lipinski definition) is 2. The molecule has 23 heavy (non-hydrogen) atoms. The number of hydrogen-bond acceptors (Lipinski definition) is 3. The molecule has 5 heteroatoms. The molecule has 2 aromatic rings. The first kappa shape index (κ1) is 15.1. The highest BCUT2D eigenvalue weighted by Crippen LogP contribution is 2.33. The summed E-state index contributed by atoms with van der Waals surface area (Å²) < 4.78 is 0. The van der Waals surface area contributed by atoms with Gasteiger partial charge in [-0.05, 0) is 36.2 Å². The summed E-state index contributed by atoms with van der Waals surface area (Å²) in [6.07, 6.45) is 0.555. The number of aromatic carboxylic acids is 1. The van der Waals surface area contributed by atoms with E-state index in [1.807, 2.05) is 31.2 Å². The molecule has 0 radical (unpaired) electrons. The molecule has 0 aliphatic carbocycles. The molecule has 5 nitrogen and oxygen atoms in total. The Bertz CT molecular complexity index is 740. The van der Waals surface area contributed by atoms with Crippen molar-refractivity contribution in [3.8, 4) is 0 Å². The van der Waals surface area contributed by atoms with Crippen LogP contribution in [0.3, 0.4) is 0 Å². The molecule has 1 aliphatic rings. The van der Waals surface area contributed by atoms with E-state index in [1.165, 1.54) is 0 Å². The highest BCUT2D eigenvalue weighted by atomic mass is 16.4. The number of benzene rings is 2. The normalized spacial score (nSPS) is 16.7. The first-order valence-corrected chi connectivity index (χ1v) is 7.61. The molecule has 1 unspecified atom stereocenters. The monoisotopic (exact) mass is 310 g/mol. The van der Waals surface area contributed by atoms with Crippen molar-refractivity contribution in [1.82, 2.24) is 4.90 Å². The standard InChI is InChI=1S/C18H18N2O3/c1-2-11-20-16(12-7-9-13(10-8-12)18(22)23)19-15-6-4-3-5-14(15)17(20)21/h3-10,16,19H,2,11H2,1H3,(H,22,23). The molecule has 3 rings (SSSR count). The molecule has 0 saturated carbocycles. The molecule has 0 bridgehead atoms. The summed E-state index contributed by atoms with van der Waals surface area (Å²) in [5.74, 6) is -0.964. The first-order valence-electron chi connectivity index (χ1n) is 7.61. The van der Waals surface area contributed by atoms with E-state index in [9.17, 15) is 9.59 Å². The number of nitrogens with one attached hydrogen (secondary N) is 1. The van der Waals surface area contributed by atoms with Crippen LogP contribution in [-0.2, 0) is 0 Å². The third-order valence-electron chi connectivity index (χ3n) is 3.96. The van der Waals surface area contributed by atoms with Crippen LogP contribution in [0.2, 0.25) is 0 Å². The number of rotatable bonds is 4. The zero-order valence-corrected chi connectivity index (χ0v) is 12.8. The lowest BCUT2D eigenvalue weighted by molar-refractivity contribution is 0.0676. The molecule has 0 aromatic heterocycles. The summed E-state index contributed by atoms with van der Waals surface area (Å²) in [6.45, 7) is 2.66. The highest BCUT2D eigenvalue weighted by molar-refractivity contribution is 6.01. The number of carbonyl (C=O) groups excluding carboxylic acids is 1. The Kier molecular flexibility index (Phi) is 4.02. The molecule has 1 heterocycles. The molecule has 1 aliphatic heterocycles. The van der Waals surface area contributed by atoms with Crippen LogP contribution in [0.1, 0.15) is 45.8 Å². The van der Waals surface area contributed by atoms with Crippen molar-refractivity contribution in [2.75, 3.05) is 11.9 Å². The van der Waals surface area contributed by atoms with Crippen LogP contribution in [-0.4, -0.2) is 28.4 Å². The lowest BCUT2D eigenvalue weighted by Gasteiger charge is -2.38. The van der Waals surface area contributed by atoms with Crippen LogP contribution in [0.5, 0.6) is 0 Å². The second-order valence-corrected chi connectivity index (χ2v) is 5.52. The van der Waals surface area contributed by atoms with Crippen LogP contribution in [0.15, 0.2) is 48.5 Å². The molecule has 2 N–H and O–H groups in total. The maximum Gasteiger partial charge on any atom is 0.335 e. The fraction of sp³-hybridized carbons (Fsp3) is 0.222.